The van der Waals surface area contributed by atoms with Crippen LogP contribution in [0.3, 0.4) is 0 Å². The van der Waals surface area contributed by atoms with Gasteiger partial charge in [-0.25, -0.2) is 4.98 Å². The number of nitrogens with zero attached hydrogens (tertiary/aromatic N) is 3. The molecule has 0 amide bonds. The summed E-state index contributed by atoms with van der Waals surface area (Å²) in [4.78, 5) is 9.30. The fraction of sp³-hybridized carbons (Fsp3) is 0.667. The Hall–Kier alpha value is -1.33. The Morgan fingerprint density at radius 3 is 2.55 bits per heavy atom. The van der Waals surface area contributed by atoms with E-state index >= 15 is 0 Å². The van der Waals surface area contributed by atoms with Gasteiger partial charge in [0.25, 0.3) is 0 Å². The molecule has 2 N–H and O–H groups in total. The molecule has 2 rings (SSSR count). The first-order valence-electron chi connectivity index (χ1n) is 7.47. The summed E-state index contributed by atoms with van der Waals surface area (Å²) in [6.07, 6.45) is 4.17. The van der Waals surface area contributed by atoms with E-state index < -0.39 is 0 Å². The molecule has 0 saturated carbocycles. The lowest BCUT2D eigenvalue weighted by atomic mass is 10.1. The predicted octanol–water partition coefficient (Wildman–Crippen LogP) is 1.34. The summed E-state index contributed by atoms with van der Waals surface area (Å²) >= 11 is 0. The highest BCUT2D eigenvalue weighted by Crippen LogP contribution is 2.18. The maximum atomic E-state index is 5.89. The molecule has 0 aliphatic carbocycles. The van der Waals surface area contributed by atoms with Crippen LogP contribution in [0, 0.1) is 0 Å². The maximum absolute atomic E-state index is 5.89. The molecule has 1 unspecified atom stereocenters. The molecule has 1 fully saturated rings. The summed E-state index contributed by atoms with van der Waals surface area (Å²) in [6.45, 7) is 7.14. The highest BCUT2D eigenvalue weighted by molar-refractivity contribution is 5.41. The summed E-state index contributed by atoms with van der Waals surface area (Å²) in [5.41, 5.74) is 5.89. The van der Waals surface area contributed by atoms with Crippen molar-refractivity contribution in [3.05, 3.63) is 18.3 Å². The number of ether oxygens (including phenoxy) is 1. The molecule has 112 valence electrons. The number of aromatic nitrogens is 1. The van der Waals surface area contributed by atoms with Crippen LogP contribution in [-0.2, 0) is 0 Å². The van der Waals surface area contributed by atoms with Crippen LogP contribution in [0.25, 0.3) is 0 Å². The van der Waals surface area contributed by atoms with Crippen molar-refractivity contribution in [1.82, 2.24) is 9.88 Å². The van der Waals surface area contributed by atoms with E-state index in [2.05, 4.69) is 21.7 Å². The summed E-state index contributed by atoms with van der Waals surface area (Å²) in [6, 6.07) is 4.53. The smallest absolute Gasteiger partial charge is 0.137 e. The van der Waals surface area contributed by atoms with Gasteiger partial charge in [0.2, 0.25) is 0 Å². The van der Waals surface area contributed by atoms with E-state index in [1.807, 2.05) is 12.1 Å². The van der Waals surface area contributed by atoms with E-state index in [1.54, 1.807) is 13.3 Å². The molecule has 1 aromatic rings. The van der Waals surface area contributed by atoms with Gasteiger partial charge in [-0.05, 0) is 18.6 Å². The molecule has 5 nitrogen and oxygen atoms in total. The molecule has 1 aromatic heterocycles. The van der Waals surface area contributed by atoms with Crippen LogP contribution >= 0.6 is 0 Å². The Bertz CT molecular complexity index is 387. The molecule has 0 radical (unpaired) electrons. The number of rotatable bonds is 6. The monoisotopic (exact) mass is 278 g/mol. The number of nitrogens with two attached hydrogens (primary N) is 1. The first-order chi connectivity index (χ1) is 9.78. The van der Waals surface area contributed by atoms with Gasteiger partial charge < -0.3 is 15.4 Å². The third kappa shape index (κ3) is 3.61. The summed E-state index contributed by atoms with van der Waals surface area (Å²) in [5, 5.41) is 0. The van der Waals surface area contributed by atoms with Gasteiger partial charge in [0, 0.05) is 38.8 Å². The van der Waals surface area contributed by atoms with Crippen molar-refractivity contribution in [2.24, 2.45) is 5.73 Å². The number of hydrogen-bond acceptors (Lipinski definition) is 5. The van der Waals surface area contributed by atoms with Crippen LogP contribution in [0.2, 0.25) is 0 Å². The topological polar surface area (TPSA) is 54.6 Å². The lowest BCUT2D eigenvalue weighted by Gasteiger charge is -2.39. The van der Waals surface area contributed by atoms with E-state index in [0.717, 1.165) is 44.3 Å². The van der Waals surface area contributed by atoms with Gasteiger partial charge in [0.1, 0.15) is 11.6 Å². The third-order valence-corrected chi connectivity index (χ3v) is 4.01. The van der Waals surface area contributed by atoms with Crippen molar-refractivity contribution < 1.29 is 4.74 Å². The second-order valence-corrected chi connectivity index (χ2v) is 5.26. The molecular formula is C15H26N4O. The Labute approximate surface area is 121 Å². The van der Waals surface area contributed by atoms with Crippen LogP contribution in [-0.4, -0.2) is 55.8 Å². The molecule has 0 aromatic carbocycles. The molecule has 0 bridgehead atoms. The third-order valence-electron chi connectivity index (χ3n) is 4.01. The molecule has 1 atom stereocenters. The highest BCUT2D eigenvalue weighted by atomic mass is 16.5. The normalized spacial score (nSPS) is 18.1. The van der Waals surface area contributed by atoms with Crippen molar-refractivity contribution in [2.45, 2.75) is 25.8 Å². The van der Waals surface area contributed by atoms with Gasteiger partial charge in [-0.3, -0.25) is 4.90 Å². The highest BCUT2D eigenvalue weighted by Gasteiger charge is 2.22. The number of methoxy groups -OCH3 is 1. The van der Waals surface area contributed by atoms with Gasteiger partial charge in [0.05, 0.1) is 13.3 Å². The minimum absolute atomic E-state index is 0.533. The average Bonchev–Trinajstić information content (AvgIpc) is 2.53. The van der Waals surface area contributed by atoms with Gasteiger partial charge in [0.15, 0.2) is 0 Å². The molecule has 0 spiro atoms. The minimum Gasteiger partial charge on any atom is -0.495 e. The van der Waals surface area contributed by atoms with Crippen LogP contribution in [0.1, 0.15) is 19.8 Å². The molecule has 20 heavy (non-hydrogen) atoms. The lowest BCUT2D eigenvalue weighted by Crippen LogP contribution is -2.52. The molecule has 5 heteroatoms. The van der Waals surface area contributed by atoms with E-state index in [9.17, 15) is 0 Å². The van der Waals surface area contributed by atoms with Crippen molar-refractivity contribution in [2.75, 3.05) is 44.7 Å². The van der Waals surface area contributed by atoms with Crippen LogP contribution in [0.15, 0.2) is 18.3 Å². The SMILES string of the molecule is CCCC(CN)N1CCN(c2ccc(OC)cn2)CC1. The van der Waals surface area contributed by atoms with Gasteiger partial charge >= 0.3 is 0 Å². The van der Waals surface area contributed by atoms with Gasteiger partial charge in [-0.1, -0.05) is 13.3 Å². The maximum Gasteiger partial charge on any atom is 0.137 e. The summed E-state index contributed by atoms with van der Waals surface area (Å²) in [5.74, 6) is 1.84. The Kier molecular flexibility index (Phi) is 5.61. The van der Waals surface area contributed by atoms with Gasteiger partial charge in [-0.2, -0.15) is 0 Å². The lowest BCUT2D eigenvalue weighted by molar-refractivity contribution is 0.179. The molecule has 1 saturated heterocycles. The largest absolute Gasteiger partial charge is 0.495 e. The van der Waals surface area contributed by atoms with Crippen LogP contribution < -0.4 is 15.4 Å². The van der Waals surface area contributed by atoms with Gasteiger partial charge in [-0.15, -0.1) is 0 Å². The van der Waals surface area contributed by atoms with Crippen molar-refractivity contribution in [3.63, 3.8) is 0 Å². The Balaban J connectivity index is 1.89. The molecule has 1 aliphatic heterocycles. The Morgan fingerprint density at radius 2 is 2.05 bits per heavy atom. The fourth-order valence-corrected chi connectivity index (χ4v) is 2.78. The standard InChI is InChI=1S/C15H26N4O/c1-3-4-13(11-16)18-7-9-19(10-8-18)15-6-5-14(20-2)12-17-15/h5-6,12-13H,3-4,7-11,16H2,1-2H3. The minimum atomic E-state index is 0.533. The fourth-order valence-electron chi connectivity index (χ4n) is 2.78. The Morgan fingerprint density at radius 1 is 1.30 bits per heavy atom. The predicted molar refractivity (Wildman–Crippen MR) is 82.3 cm³/mol. The second kappa shape index (κ2) is 7.45. The average molecular weight is 278 g/mol. The number of piperazine rings is 1. The van der Waals surface area contributed by atoms with Crippen LogP contribution in [0.5, 0.6) is 5.75 Å². The number of anilines is 1. The number of pyridine rings is 1. The van der Waals surface area contributed by atoms with E-state index in [4.69, 9.17) is 10.5 Å². The van der Waals surface area contributed by atoms with E-state index in [-0.39, 0.29) is 0 Å². The van der Waals surface area contributed by atoms with Crippen molar-refractivity contribution in [1.29, 1.82) is 0 Å². The molecular weight excluding hydrogens is 252 g/mol. The van der Waals surface area contributed by atoms with Crippen molar-refractivity contribution in [3.8, 4) is 5.75 Å². The first-order valence-corrected chi connectivity index (χ1v) is 7.47. The first kappa shape index (κ1) is 15.1. The van der Waals surface area contributed by atoms with Crippen molar-refractivity contribution >= 4 is 5.82 Å². The van der Waals surface area contributed by atoms with Crippen LogP contribution in [0.4, 0.5) is 5.82 Å². The summed E-state index contributed by atoms with van der Waals surface area (Å²) in [7, 11) is 1.66. The van der Waals surface area contributed by atoms with E-state index in [0.29, 0.717) is 6.04 Å². The zero-order valence-electron chi connectivity index (χ0n) is 12.6. The van der Waals surface area contributed by atoms with E-state index in [1.165, 1.54) is 12.8 Å². The zero-order valence-corrected chi connectivity index (χ0v) is 12.6. The number of hydrogen-bond donors (Lipinski definition) is 1. The zero-order chi connectivity index (χ0) is 14.4. The summed E-state index contributed by atoms with van der Waals surface area (Å²) < 4.78 is 5.14. The molecule has 1 aliphatic rings. The second-order valence-electron chi connectivity index (χ2n) is 5.26. The quantitative estimate of drug-likeness (QED) is 0.851. The molecule has 2 heterocycles.